The number of nitrogens with one attached hydrogen (secondary N) is 1. The smallest absolute Gasteiger partial charge is 0.124 e. The molecule has 2 aromatic carbocycles. The average molecular weight is 283 g/mol. The van der Waals surface area contributed by atoms with Crippen molar-refractivity contribution >= 4 is 0 Å². The lowest BCUT2D eigenvalue weighted by atomic mass is 9.92. The number of hydrogen-bond acceptors (Lipinski definition) is 3. The fourth-order valence-electron chi connectivity index (χ4n) is 2.70. The molecule has 2 unspecified atom stereocenters. The second kappa shape index (κ2) is 6.64. The van der Waals surface area contributed by atoms with E-state index in [-0.39, 0.29) is 0 Å². The molecule has 3 heteroatoms. The molecule has 0 bridgehead atoms. The first-order chi connectivity index (χ1) is 10.3. The van der Waals surface area contributed by atoms with Gasteiger partial charge in [0.15, 0.2) is 0 Å². The number of ether oxygens (including phenoxy) is 2. The molecule has 2 aromatic rings. The van der Waals surface area contributed by atoms with Gasteiger partial charge in [-0.2, -0.15) is 0 Å². The molecule has 0 radical (unpaired) electrons. The molecule has 0 aliphatic carbocycles. The first-order valence-electron chi connectivity index (χ1n) is 7.47. The summed E-state index contributed by atoms with van der Waals surface area (Å²) in [6.07, 6.45) is 0. The van der Waals surface area contributed by atoms with Crippen LogP contribution in [0, 0.1) is 5.92 Å². The molecule has 21 heavy (non-hydrogen) atoms. The average Bonchev–Trinajstić information content (AvgIpc) is 2.54. The van der Waals surface area contributed by atoms with E-state index in [9.17, 15) is 0 Å². The Morgan fingerprint density at radius 2 is 1.86 bits per heavy atom. The van der Waals surface area contributed by atoms with Gasteiger partial charge in [0.05, 0.1) is 6.61 Å². The first kappa shape index (κ1) is 14.0. The Labute approximate surface area is 125 Å². The van der Waals surface area contributed by atoms with Crippen molar-refractivity contribution in [3.05, 3.63) is 60.2 Å². The fraction of sp³-hybridized carbons (Fsp3) is 0.333. The maximum Gasteiger partial charge on any atom is 0.124 e. The summed E-state index contributed by atoms with van der Waals surface area (Å²) in [6, 6.07) is 18.5. The number of fused-ring (bicyclic) bond motifs is 1. The Hall–Kier alpha value is -2.00. The zero-order chi connectivity index (χ0) is 14.5. The van der Waals surface area contributed by atoms with Gasteiger partial charge < -0.3 is 14.8 Å². The summed E-state index contributed by atoms with van der Waals surface area (Å²) in [4.78, 5) is 0. The molecule has 3 rings (SSSR count). The van der Waals surface area contributed by atoms with Crippen molar-refractivity contribution in [3.8, 4) is 11.5 Å². The van der Waals surface area contributed by atoms with Crippen LogP contribution in [0.1, 0.15) is 18.5 Å². The van der Waals surface area contributed by atoms with Gasteiger partial charge in [-0.15, -0.1) is 0 Å². The molecular formula is C18H21NO2. The van der Waals surface area contributed by atoms with Crippen molar-refractivity contribution in [2.45, 2.75) is 13.0 Å². The fourth-order valence-corrected chi connectivity index (χ4v) is 2.70. The molecule has 0 aromatic heterocycles. The van der Waals surface area contributed by atoms with Crippen molar-refractivity contribution in [2.75, 3.05) is 19.8 Å². The summed E-state index contributed by atoms with van der Waals surface area (Å²) in [6.45, 7) is 4.45. The molecule has 0 saturated heterocycles. The summed E-state index contributed by atoms with van der Waals surface area (Å²) in [5, 5.41) is 3.59. The van der Waals surface area contributed by atoms with Crippen LogP contribution in [0.25, 0.3) is 0 Å². The van der Waals surface area contributed by atoms with Crippen LogP contribution in [0.3, 0.4) is 0 Å². The molecule has 110 valence electrons. The van der Waals surface area contributed by atoms with Gasteiger partial charge in [0.1, 0.15) is 18.1 Å². The molecule has 0 amide bonds. The zero-order valence-electron chi connectivity index (χ0n) is 12.3. The Bertz CT molecular complexity index is 570. The van der Waals surface area contributed by atoms with Crippen LogP contribution in [-0.4, -0.2) is 19.8 Å². The third-order valence-electron chi connectivity index (χ3n) is 3.80. The highest BCUT2D eigenvalue weighted by Crippen LogP contribution is 2.34. The van der Waals surface area contributed by atoms with Crippen molar-refractivity contribution < 1.29 is 9.47 Å². The number of benzene rings is 2. The highest BCUT2D eigenvalue weighted by atomic mass is 16.5. The van der Waals surface area contributed by atoms with Crippen molar-refractivity contribution in [1.82, 2.24) is 5.32 Å². The van der Waals surface area contributed by atoms with Crippen LogP contribution in [0.15, 0.2) is 54.6 Å². The van der Waals surface area contributed by atoms with E-state index in [1.165, 1.54) is 5.56 Å². The summed E-state index contributed by atoms with van der Waals surface area (Å²) >= 11 is 0. The lowest BCUT2D eigenvalue weighted by molar-refractivity contribution is 0.183. The topological polar surface area (TPSA) is 30.5 Å². The molecule has 0 saturated carbocycles. The largest absolute Gasteiger partial charge is 0.493 e. The standard InChI is InChI=1S/C18H21NO2/c1-14-13-21-17-10-6-5-9-16(17)18(14)19-11-12-20-15-7-3-2-4-8-15/h2-10,14,18-19H,11-13H2,1H3. The lowest BCUT2D eigenvalue weighted by Crippen LogP contribution is -2.35. The van der Waals surface area contributed by atoms with Gasteiger partial charge >= 0.3 is 0 Å². The van der Waals surface area contributed by atoms with Crippen LogP contribution in [0.4, 0.5) is 0 Å². The van der Waals surface area contributed by atoms with E-state index in [1.807, 2.05) is 42.5 Å². The Morgan fingerprint density at radius 3 is 2.71 bits per heavy atom. The number of para-hydroxylation sites is 2. The normalized spacial score (nSPS) is 20.4. The predicted molar refractivity (Wildman–Crippen MR) is 83.8 cm³/mol. The van der Waals surface area contributed by atoms with Gasteiger partial charge in [0.25, 0.3) is 0 Å². The number of rotatable bonds is 5. The second-order valence-corrected chi connectivity index (χ2v) is 5.42. The van der Waals surface area contributed by atoms with Crippen LogP contribution in [-0.2, 0) is 0 Å². The summed E-state index contributed by atoms with van der Waals surface area (Å²) < 4.78 is 11.5. The monoisotopic (exact) mass is 283 g/mol. The zero-order valence-corrected chi connectivity index (χ0v) is 12.3. The summed E-state index contributed by atoms with van der Waals surface area (Å²) in [5.74, 6) is 2.37. The molecule has 0 fully saturated rings. The highest BCUT2D eigenvalue weighted by molar-refractivity contribution is 5.37. The summed E-state index contributed by atoms with van der Waals surface area (Å²) in [7, 11) is 0. The van der Waals surface area contributed by atoms with E-state index in [4.69, 9.17) is 9.47 Å². The minimum atomic E-state index is 0.328. The quantitative estimate of drug-likeness (QED) is 0.853. The predicted octanol–water partition coefficient (Wildman–Crippen LogP) is 3.42. The molecular weight excluding hydrogens is 262 g/mol. The van der Waals surface area contributed by atoms with Crippen LogP contribution >= 0.6 is 0 Å². The van der Waals surface area contributed by atoms with E-state index in [0.29, 0.717) is 18.6 Å². The SMILES string of the molecule is CC1COc2ccccc2C1NCCOc1ccccc1. The second-order valence-electron chi connectivity index (χ2n) is 5.42. The number of hydrogen-bond donors (Lipinski definition) is 1. The Morgan fingerprint density at radius 1 is 1.10 bits per heavy atom. The van der Waals surface area contributed by atoms with Crippen molar-refractivity contribution in [1.29, 1.82) is 0 Å². The van der Waals surface area contributed by atoms with Gasteiger partial charge in [-0.05, 0) is 18.2 Å². The van der Waals surface area contributed by atoms with Crippen molar-refractivity contribution in [2.24, 2.45) is 5.92 Å². The van der Waals surface area contributed by atoms with E-state index < -0.39 is 0 Å². The van der Waals surface area contributed by atoms with E-state index in [0.717, 1.165) is 24.7 Å². The third kappa shape index (κ3) is 3.37. The summed E-state index contributed by atoms with van der Waals surface area (Å²) in [5.41, 5.74) is 1.25. The maximum absolute atomic E-state index is 5.77. The van der Waals surface area contributed by atoms with Crippen molar-refractivity contribution in [3.63, 3.8) is 0 Å². The minimum absolute atomic E-state index is 0.328. The van der Waals surface area contributed by atoms with E-state index >= 15 is 0 Å². The van der Waals surface area contributed by atoms with Crippen LogP contribution < -0.4 is 14.8 Å². The maximum atomic E-state index is 5.77. The van der Waals surface area contributed by atoms with Gasteiger partial charge in [-0.3, -0.25) is 0 Å². The Balaban J connectivity index is 1.55. The highest BCUT2D eigenvalue weighted by Gasteiger charge is 2.26. The van der Waals surface area contributed by atoms with Crippen LogP contribution in [0.5, 0.6) is 11.5 Å². The molecule has 1 heterocycles. The van der Waals surface area contributed by atoms with Crippen LogP contribution in [0.2, 0.25) is 0 Å². The van der Waals surface area contributed by atoms with Gasteiger partial charge in [0.2, 0.25) is 0 Å². The minimum Gasteiger partial charge on any atom is -0.493 e. The molecule has 0 spiro atoms. The van der Waals surface area contributed by atoms with Gasteiger partial charge in [0, 0.05) is 24.1 Å². The van der Waals surface area contributed by atoms with Gasteiger partial charge in [-0.1, -0.05) is 43.3 Å². The van der Waals surface area contributed by atoms with E-state index in [1.54, 1.807) is 0 Å². The van der Waals surface area contributed by atoms with Gasteiger partial charge in [-0.25, -0.2) is 0 Å². The lowest BCUT2D eigenvalue weighted by Gasteiger charge is -2.32. The third-order valence-corrected chi connectivity index (χ3v) is 3.80. The molecule has 1 N–H and O–H groups in total. The first-order valence-corrected chi connectivity index (χ1v) is 7.47. The molecule has 2 atom stereocenters. The van der Waals surface area contributed by atoms with E-state index in [2.05, 4.69) is 24.4 Å². The molecule has 1 aliphatic rings. The molecule has 3 nitrogen and oxygen atoms in total. The Kier molecular flexibility index (Phi) is 4.41. The molecule has 1 aliphatic heterocycles.